The van der Waals surface area contributed by atoms with Crippen molar-refractivity contribution >= 4 is 0 Å². The second kappa shape index (κ2) is 2.54. The van der Waals surface area contributed by atoms with Crippen LogP contribution in [0.4, 0.5) is 13.2 Å². The number of rotatable bonds is 0. The van der Waals surface area contributed by atoms with Crippen LogP contribution in [0.3, 0.4) is 0 Å². The summed E-state index contributed by atoms with van der Waals surface area (Å²) in [4.78, 5) is 0. The van der Waals surface area contributed by atoms with Crippen molar-refractivity contribution in [2.45, 2.75) is 6.18 Å². The van der Waals surface area contributed by atoms with Crippen molar-refractivity contribution < 1.29 is 32.0 Å². The molecule has 0 rings (SSSR count). The van der Waals surface area contributed by atoms with Gasteiger partial charge in [-0.25, -0.2) is 20.1 Å². The molecule has 0 saturated carbocycles. The largest absolute Gasteiger partial charge is 1.00 e. The van der Waals surface area contributed by atoms with E-state index in [1.165, 1.54) is 0 Å². The van der Waals surface area contributed by atoms with E-state index in [2.05, 4.69) is 0 Å². The number of hydrogen-bond acceptors (Lipinski definition) is 0. The van der Waals surface area contributed by atoms with Crippen molar-refractivity contribution in [3.63, 3.8) is 0 Å². The molecule has 0 aromatic rings. The van der Waals surface area contributed by atoms with E-state index in [4.69, 9.17) is 0 Å². The molecular weight excluding hydrogens is 88.0 g/mol. The van der Waals surface area contributed by atoms with Gasteiger partial charge < -0.3 is 0 Å². The van der Waals surface area contributed by atoms with Crippen LogP contribution in [0.25, 0.3) is 0 Å². The Kier molecular flexibility index (Phi) is 4.08. The first-order valence-electron chi connectivity index (χ1n) is 0.921. The van der Waals surface area contributed by atoms with Gasteiger partial charge in [-0.1, -0.05) is 0 Å². The SMILES string of the molecule is [CH2-]C(F)(F)F.[Li+]. The molecule has 32 valence electrons. The van der Waals surface area contributed by atoms with Gasteiger partial charge in [-0.05, 0) is 0 Å². The first kappa shape index (κ1) is 9.63. The van der Waals surface area contributed by atoms with Gasteiger partial charge in [0, 0.05) is 0 Å². The third-order valence-electron chi connectivity index (χ3n) is 0. The van der Waals surface area contributed by atoms with Gasteiger partial charge in [0.2, 0.25) is 0 Å². The Morgan fingerprint density at radius 3 is 1.17 bits per heavy atom. The predicted molar refractivity (Wildman–Crippen MR) is 11.4 cm³/mol. The summed E-state index contributed by atoms with van der Waals surface area (Å²) in [6.07, 6.45) is -4.25. The summed E-state index contributed by atoms with van der Waals surface area (Å²) >= 11 is 0. The zero-order valence-corrected chi connectivity index (χ0v) is 3.34. The summed E-state index contributed by atoms with van der Waals surface area (Å²) in [7, 11) is 0. The Morgan fingerprint density at radius 1 is 1.17 bits per heavy atom. The molecule has 0 heterocycles. The van der Waals surface area contributed by atoms with Crippen LogP contribution >= 0.6 is 0 Å². The Labute approximate surface area is 45.9 Å². The van der Waals surface area contributed by atoms with E-state index in [1.807, 2.05) is 0 Å². The first-order valence-corrected chi connectivity index (χ1v) is 0.921. The molecule has 0 spiro atoms. The minimum Gasteiger partial charge on any atom is -0.241 e. The second-order valence-corrected chi connectivity index (χ2v) is 0.615. The first-order chi connectivity index (χ1) is 2.00. The molecule has 0 unspecified atom stereocenters. The molecule has 0 aliphatic heterocycles. The van der Waals surface area contributed by atoms with E-state index in [0.29, 0.717) is 0 Å². The average molecular weight is 90.0 g/mol. The van der Waals surface area contributed by atoms with Gasteiger partial charge in [-0.3, -0.25) is 0 Å². The van der Waals surface area contributed by atoms with Crippen molar-refractivity contribution in [2.24, 2.45) is 0 Å². The van der Waals surface area contributed by atoms with Crippen LogP contribution in [0, 0.1) is 6.92 Å². The van der Waals surface area contributed by atoms with Crippen LogP contribution in [-0.2, 0) is 0 Å². The Bertz CT molecular complexity index is 24.3. The van der Waals surface area contributed by atoms with Gasteiger partial charge in [0.1, 0.15) is 0 Å². The zero-order valence-electron chi connectivity index (χ0n) is 3.34. The van der Waals surface area contributed by atoms with Crippen molar-refractivity contribution in [2.75, 3.05) is 0 Å². The molecule has 0 atom stereocenters. The average Bonchev–Trinajstić information content (AvgIpc) is 0.722. The predicted octanol–water partition coefficient (Wildman–Crippen LogP) is -1.61. The van der Waals surface area contributed by atoms with Crippen LogP contribution < -0.4 is 18.9 Å². The molecule has 0 N–H and O–H groups in total. The van der Waals surface area contributed by atoms with Crippen LogP contribution in [0.1, 0.15) is 0 Å². The van der Waals surface area contributed by atoms with Crippen molar-refractivity contribution in [1.82, 2.24) is 0 Å². The summed E-state index contributed by atoms with van der Waals surface area (Å²) < 4.78 is 30.7. The minimum atomic E-state index is -4.25. The number of halogens is 3. The molecule has 0 aliphatic rings. The second-order valence-electron chi connectivity index (χ2n) is 0.615. The van der Waals surface area contributed by atoms with Gasteiger partial charge in [0.25, 0.3) is 6.18 Å². The Morgan fingerprint density at radius 2 is 1.17 bits per heavy atom. The standard InChI is InChI=1S/C2H2F3.Li/c1-2(3,4)5;/h1H2;/q-1;+1. The molecule has 0 bridgehead atoms. The number of alkyl halides is 3. The van der Waals surface area contributed by atoms with Crippen molar-refractivity contribution in [3.05, 3.63) is 6.92 Å². The maximum absolute atomic E-state index is 10.2. The van der Waals surface area contributed by atoms with E-state index >= 15 is 0 Å². The Balaban J connectivity index is 0. The monoisotopic (exact) mass is 90.0 g/mol. The van der Waals surface area contributed by atoms with Gasteiger partial charge in [-0.15, -0.1) is 0 Å². The molecule has 0 nitrogen and oxygen atoms in total. The molecule has 0 amide bonds. The fraction of sp³-hybridized carbons (Fsp3) is 0.500. The summed E-state index contributed by atoms with van der Waals surface area (Å²) in [6.45, 7) is 1.77. The normalized spacial score (nSPS) is 10.0. The molecule has 4 heteroatoms. The fourth-order valence-corrected chi connectivity index (χ4v) is 0. The molecule has 0 fully saturated rings. The summed E-state index contributed by atoms with van der Waals surface area (Å²) in [5.41, 5.74) is 0. The van der Waals surface area contributed by atoms with E-state index < -0.39 is 6.18 Å². The molecule has 0 saturated heterocycles. The van der Waals surface area contributed by atoms with Gasteiger partial charge >= 0.3 is 18.9 Å². The molecular formula is C2H2F3Li. The molecule has 0 aliphatic carbocycles. The van der Waals surface area contributed by atoms with Crippen molar-refractivity contribution in [3.8, 4) is 0 Å². The van der Waals surface area contributed by atoms with Gasteiger partial charge in [0.15, 0.2) is 0 Å². The van der Waals surface area contributed by atoms with Crippen LogP contribution in [0.5, 0.6) is 0 Å². The van der Waals surface area contributed by atoms with E-state index in [1.54, 1.807) is 6.92 Å². The van der Waals surface area contributed by atoms with E-state index in [0.717, 1.165) is 0 Å². The third-order valence-corrected chi connectivity index (χ3v) is 0. The maximum Gasteiger partial charge on any atom is 1.00 e. The molecule has 0 aromatic carbocycles. The van der Waals surface area contributed by atoms with Crippen LogP contribution in [0.15, 0.2) is 0 Å². The van der Waals surface area contributed by atoms with Gasteiger partial charge in [0.05, 0.1) is 0 Å². The van der Waals surface area contributed by atoms with Crippen LogP contribution in [0.2, 0.25) is 0 Å². The maximum atomic E-state index is 10.2. The quantitative estimate of drug-likeness (QED) is 0.248. The topological polar surface area (TPSA) is 0 Å². The third kappa shape index (κ3) is 335. The molecule has 6 heavy (non-hydrogen) atoms. The summed E-state index contributed by atoms with van der Waals surface area (Å²) in [5, 5.41) is 0. The summed E-state index contributed by atoms with van der Waals surface area (Å²) in [6, 6.07) is 0. The summed E-state index contributed by atoms with van der Waals surface area (Å²) in [5.74, 6) is 0. The van der Waals surface area contributed by atoms with E-state index in [-0.39, 0.29) is 18.9 Å². The Hall–Kier alpha value is 0.387. The van der Waals surface area contributed by atoms with Crippen LogP contribution in [-0.4, -0.2) is 6.18 Å². The minimum absolute atomic E-state index is 0. The zero-order chi connectivity index (χ0) is 4.50. The van der Waals surface area contributed by atoms with E-state index in [9.17, 15) is 13.2 Å². The van der Waals surface area contributed by atoms with Gasteiger partial charge in [-0.2, -0.15) is 0 Å². The smallest absolute Gasteiger partial charge is 0.241 e. The van der Waals surface area contributed by atoms with Crippen molar-refractivity contribution in [1.29, 1.82) is 0 Å². The fourth-order valence-electron chi connectivity index (χ4n) is 0. The molecule has 0 aromatic heterocycles. The molecule has 0 radical (unpaired) electrons. The number of hydrogen-bond donors (Lipinski definition) is 0.